The second-order valence-electron chi connectivity index (χ2n) is 7.65. The molecule has 1 aliphatic rings. The predicted octanol–water partition coefficient (Wildman–Crippen LogP) is 5.74. The van der Waals surface area contributed by atoms with E-state index in [-0.39, 0.29) is 5.41 Å². The molecule has 5 rings (SSSR count). The highest BCUT2D eigenvalue weighted by Gasteiger charge is 2.35. The van der Waals surface area contributed by atoms with Crippen LogP contribution in [-0.2, 0) is 5.41 Å². The molecule has 0 radical (unpaired) electrons. The Morgan fingerprint density at radius 1 is 0.889 bits per heavy atom. The fourth-order valence-electron chi connectivity index (χ4n) is 4.26. The smallest absolute Gasteiger partial charge is 0.176 e. The fourth-order valence-corrected chi connectivity index (χ4v) is 4.26. The standard InChI is InChI=1S/C24H20N2O/c1-24(2)18-9-5-3-7-15(18)17-13-14(11-12-19(17)24)21(25)23-22(26)16-8-4-6-10-20(16)27-23/h3-13,25H,26H2,1-2H3. The normalized spacial score (nSPS) is 14.1. The highest BCUT2D eigenvalue weighted by Crippen LogP contribution is 2.48. The first-order valence-corrected chi connectivity index (χ1v) is 9.09. The van der Waals surface area contributed by atoms with E-state index in [0.717, 1.165) is 10.9 Å². The number of nitrogen functional groups attached to an aromatic ring is 1. The van der Waals surface area contributed by atoms with Crippen molar-refractivity contribution in [1.82, 2.24) is 0 Å². The summed E-state index contributed by atoms with van der Waals surface area (Å²) in [5, 5.41) is 9.57. The topological polar surface area (TPSA) is 63.0 Å². The first kappa shape index (κ1) is 15.9. The second kappa shape index (κ2) is 5.34. The van der Waals surface area contributed by atoms with Crippen LogP contribution in [0.15, 0.2) is 71.1 Å². The lowest BCUT2D eigenvalue weighted by Gasteiger charge is -2.21. The van der Waals surface area contributed by atoms with Gasteiger partial charge < -0.3 is 10.2 Å². The van der Waals surface area contributed by atoms with Crippen molar-refractivity contribution >= 4 is 22.4 Å². The van der Waals surface area contributed by atoms with E-state index < -0.39 is 0 Å². The Kier molecular flexibility index (Phi) is 3.14. The van der Waals surface area contributed by atoms with Crippen LogP contribution in [0.5, 0.6) is 0 Å². The van der Waals surface area contributed by atoms with Crippen LogP contribution >= 0.6 is 0 Å². The monoisotopic (exact) mass is 352 g/mol. The predicted molar refractivity (Wildman–Crippen MR) is 111 cm³/mol. The number of nitrogens with two attached hydrogens (primary N) is 1. The van der Waals surface area contributed by atoms with Crippen molar-refractivity contribution in [3.8, 4) is 11.1 Å². The molecule has 132 valence electrons. The highest BCUT2D eigenvalue weighted by atomic mass is 16.3. The van der Waals surface area contributed by atoms with Crippen LogP contribution in [0.1, 0.15) is 36.3 Å². The van der Waals surface area contributed by atoms with E-state index in [1.165, 1.54) is 22.3 Å². The van der Waals surface area contributed by atoms with Crippen LogP contribution in [0.4, 0.5) is 5.69 Å². The Morgan fingerprint density at radius 3 is 2.41 bits per heavy atom. The Bertz CT molecular complexity index is 1230. The van der Waals surface area contributed by atoms with Crippen molar-refractivity contribution in [2.75, 3.05) is 5.73 Å². The summed E-state index contributed by atoms with van der Waals surface area (Å²) in [5.41, 5.74) is 13.6. The molecule has 1 aromatic heterocycles. The zero-order valence-electron chi connectivity index (χ0n) is 15.3. The van der Waals surface area contributed by atoms with Gasteiger partial charge in [0.2, 0.25) is 0 Å². The van der Waals surface area contributed by atoms with Gasteiger partial charge in [0.25, 0.3) is 0 Å². The number of nitrogens with one attached hydrogen (secondary N) is 1. The number of anilines is 1. The van der Waals surface area contributed by atoms with Gasteiger partial charge in [0.05, 0.1) is 5.69 Å². The Labute approximate surface area is 158 Å². The molecule has 3 aromatic carbocycles. The molecule has 3 N–H and O–H groups in total. The van der Waals surface area contributed by atoms with E-state index in [1.807, 2.05) is 30.3 Å². The molecule has 0 unspecified atom stereocenters. The van der Waals surface area contributed by atoms with E-state index in [0.29, 0.717) is 22.7 Å². The number of benzene rings is 3. The van der Waals surface area contributed by atoms with Gasteiger partial charge in [0.15, 0.2) is 5.76 Å². The van der Waals surface area contributed by atoms with Gasteiger partial charge in [-0.05, 0) is 40.5 Å². The van der Waals surface area contributed by atoms with E-state index in [2.05, 4.69) is 50.2 Å². The van der Waals surface area contributed by atoms with Crippen molar-refractivity contribution in [1.29, 1.82) is 5.41 Å². The van der Waals surface area contributed by atoms with Gasteiger partial charge >= 0.3 is 0 Å². The van der Waals surface area contributed by atoms with Crippen molar-refractivity contribution in [2.45, 2.75) is 19.3 Å². The number of rotatable bonds is 2. The van der Waals surface area contributed by atoms with E-state index >= 15 is 0 Å². The Morgan fingerprint density at radius 2 is 1.59 bits per heavy atom. The molecule has 0 spiro atoms. The molecule has 1 heterocycles. The van der Waals surface area contributed by atoms with Gasteiger partial charge in [-0.1, -0.05) is 62.4 Å². The quantitative estimate of drug-likeness (QED) is 0.452. The molecule has 0 saturated heterocycles. The summed E-state index contributed by atoms with van der Waals surface area (Å²) in [5.74, 6) is 0.432. The number of furan rings is 1. The molecule has 1 aliphatic carbocycles. The lowest BCUT2D eigenvalue weighted by atomic mass is 9.82. The van der Waals surface area contributed by atoms with E-state index in [1.54, 1.807) is 0 Å². The number of fused-ring (bicyclic) bond motifs is 4. The van der Waals surface area contributed by atoms with Crippen molar-refractivity contribution in [2.24, 2.45) is 0 Å². The lowest BCUT2D eigenvalue weighted by Crippen LogP contribution is -2.15. The maximum Gasteiger partial charge on any atom is 0.176 e. The van der Waals surface area contributed by atoms with Crippen molar-refractivity contribution < 1.29 is 4.42 Å². The van der Waals surface area contributed by atoms with Gasteiger partial charge in [0.1, 0.15) is 11.3 Å². The van der Waals surface area contributed by atoms with Gasteiger partial charge in [-0.3, -0.25) is 5.41 Å². The average molecular weight is 352 g/mol. The third kappa shape index (κ3) is 2.12. The lowest BCUT2D eigenvalue weighted by molar-refractivity contribution is 0.606. The molecule has 0 saturated carbocycles. The molecule has 0 bridgehead atoms. The van der Waals surface area contributed by atoms with Crippen LogP contribution < -0.4 is 5.73 Å². The molecular weight excluding hydrogens is 332 g/mol. The molecule has 27 heavy (non-hydrogen) atoms. The van der Waals surface area contributed by atoms with Crippen LogP contribution in [0.25, 0.3) is 22.1 Å². The minimum absolute atomic E-state index is 0.0367. The molecule has 0 atom stereocenters. The highest BCUT2D eigenvalue weighted by molar-refractivity contribution is 6.16. The molecule has 4 aromatic rings. The minimum Gasteiger partial charge on any atom is -0.452 e. The van der Waals surface area contributed by atoms with Crippen molar-refractivity contribution in [3.05, 3.63) is 89.2 Å². The first-order valence-electron chi connectivity index (χ1n) is 9.09. The zero-order chi connectivity index (χ0) is 18.8. The summed E-state index contributed by atoms with van der Waals surface area (Å²) in [4.78, 5) is 0. The van der Waals surface area contributed by atoms with Crippen LogP contribution in [-0.4, -0.2) is 5.71 Å². The van der Waals surface area contributed by atoms with Crippen molar-refractivity contribution in [3.63, 3.8) is 0 Å². The maximum absolute atomic E-state index is 8.72. The number of hydrogen-bond acceptors (Lipinski definition) is 3. The molecule has 3 nitrogen and oxygen atoms in total. The van der Waals surface area contributed by atoms with Crippen LogP contribution in [0.3, 0.4) is 0 Å². The number of hydrogen-bond donors (Lipinski definition) is 2. The summed E-state index contributed by atoms with van der Waals surface area (Å²) in [6, 6.07) is 22.4. The molecule has 0 aliphatic heterocycles. The van der Waals surface area contributed by atoms with E-state index in [4.69, 9.17) is 15.6 Å². The van der Waals surface area contributed by atoms with Crippen LogP contribution in [0, 0.1) is 5.41 Å². The molecule has 0 fully saturated rings. The molecule has 3 heteroatoms. The third-order valence-corrected chi connectivity index (χ3v) is 5.73. The van der Waals surface area contributed by atoms with Gasteiger partial charge in [-0.2, -0.15) is 0 Å². The van der Waals surface area contributed by atoms with Gasteiger partial charge in [-0.15, -0.1) is 0 Å². The SMILES string of the molecule is CC1(C)c2ccccc2-c2cc(C(=N)c3oc4ccccc4c3N)ccc21. The fraction of sp³-hybridized carbons (Fsp3) is 0.125. The third-order valence-electron chi connectivity index (χ3n) is 5.73. The summed E-state index contributed by atoms with van der Waals surface area (Å²) >= 11 is 0. The minimum atomic E-state index is -0.0367. The maximum atomic E-state index is 8.72. The summed E-state index contributed by atoms with van der Waals surface area (Å²) in [6.07, 6.45) is 0. The summed E-state index contributed by atoms with van der Waals surface area (Å²) < 4.78 is 5.90. The van der Waals surface area contributed by atoms with E-state index in [9.17, 15) is 0 Å². The number of para-hydroxylation sites is 1. The second-order valence-corrected chi connectivity index (χ2v) is 7.65. The average Bonchev–Trinajstić information content (AvgIpc) is 3.14. The largest absolute Gasteiger partial charge is 0.452 e. The Balaban J connectivity index is 1.66. The summed E-state index contributed by atoms with van der Waals surface area (Å²) in [7, 11) is 0. The molecule has 0 amide bonds. The van der Waals surface area contributed by atoms with Gasteiger partial charge in [-0.25, -0.2) is 0 Å². The first-order chi connectivity index (χ1) is 13.0. The van der Waals surface area contributed by atoms with Crippen LogP contribution in [0.2, 0.25) is 0 Å². The van der Waals surface area contributed by atoms with Gasteiger partial charge in [0, 0.05) is 16.4 Å². The zero-order valence-corrected chi connectivity index (χ0v) is 15.3. The molecular formula is C24H20N2O. The summed E-state index contributed by atoms with van der Waals surface area (Å²) in [6.45, 7) is 4.50. The Hall–Kier alpha value is -3.33.